The van der Waals surface area contributed by atoms with Crippen molar-refractivity contribution in [2.45, 2.75) is 69.8 Å². The summed E-state index contributed by atoms with van der Waals surface area (Å²) in [5.74, 6) is 1.77. The number of anilines is 1. The Morgan fingerprint density at radius 1 is 1.15 bits per heavy atom. The van der Waals surface area contributed by atoms with Gasteiger partial charge in [0.25, 0.3) is 5.91 Å². The highest BCUT2D eigenvalue weighted by Gasteiger charge is 2.44. The van der Waals surface area contributed by atoms with Crippen LogP contribution in [0.15, 0.2) is 36.4 Å². The second-order valence-electron chi connectivity index (χ2n) is 12.3. The van der Waals surface area contributed by atoms with Crippen LogP contribution < -0.4 is 14.4 Å². The normalized spacial score (nSPS) is 33.2. The summed E-state index contributed by atoms with van der Waals surface area (Å²) in [5.41, 5.74) is 3.83. The quantitative estimate of drug-likeness (QED) is 0.414. The minimum Gasteiger partial charge on any atom is -0.593 e. The molecule has 210 valence electrons. The molecule has 0 saturated heterocycles. The molecule has 2 aromatic rings. The second kappa shape index (κ2) is 11.2. The summed E-state index contributed by atoms with van der Waals surface area (Å²) < 4.78 is 22.0. The molecule has 1 spiro atoms. The van der Waals surface area contributed by atoms with Gasteiger partial charge in [0.1, 0.15) is 11.5 Å². The van der Waals surface area contributed by atoms with Gasteiger partial charge in [-0.3, -0.25) is 4.79 Å². The fourth-order valence-electron chi connectivity index (χ4n) is 7.30. The summed E-state index contributed by atoms with van der Waals surface area (Å²) in [4.78, 5) is 15.6. The maximum absolute atomic E-state index is 13.2. The Hall–Kier alpha value is -1.93. The minimum absolute atomic E-state index is 0.185. The molecule has 6 unspecified atom stereocenters. The third kappa shape index (κ3) is 5.52. The average molecular weight is 571 g/mol. The minimum atomic E-state index is -1.45. The molecule has 0 radical (unpaired) electrons. The molecule has 2 heterocycles. The highest BCUT2D eigenvalue weighted by atomic mass is 35.5. The summed E-state index contributed by atoms with van der Waals surface area (Å²) in [7, 11) is 0. The van der Waals surface area contributed by atoms with E-state index in [0.29, 0.717) is 23.8 Å². The Kier molecular flexibility index (Phi) is 7.79. The Bertz CT molecular complexity index is 1230. The van der Waals surface area contributed by atoms with Crippen LogP contribution in [0, 0.1) is 17.8 Å². The lowest BCUT2D eigenvalue weighted by Crippen LogP contribution is -2.49. The number of fused-ring (bicyclic) bond motifs is 4. The summed E-state index contributed by atoms with van der Waals surface area (Å²) in [6.07, 6.45) is 7.52. The molecule has 0 aromatic heterocycles. The van der Waals surface area contributed by atoms with Crippen molar-refractivity contribution in [3.8, 4) is 5.75 Å². The number of ether oxygens (including phenoxy) is 1. The smallest absolute Gasteiger partial charge is 0.292 e. The monoisotopic (exact) mass is 570 g/mol. The zero-order chi connectivity index (χ0) is 27.1. The van der Waals surface area contributed by atoms with Gasteiger partial charge >= 0.3 is 0 Å². The van der Waals surface area contributed by atoms with Crippen molar-refractivity contribution >= 4 is 34.6 Å². The Morgan fingerprint density at radius 2 is 2.03 bits per heavy atom. The van der Waals surface area contributed by atoms with Crippen LogP contribution in [-0.4, -0.2) is 47.1 Å². The van der Waals surface area contributed by atoms with E-state index in [4.69, 9.17) is 16.3 Å². The number of amides is 1. The maximum atomic E-state index is 13.2. The molecule has 4 aliphatic rings. The van der Waals surface area contributed by atoms with E-state index in [2.05, 4.69) is 28.7 Å². The molecule has 8 heteroatoms. The zero-order valence-corrected chi connectivity index (χ0v) is 24.2. The van der Waals surface area contributed by atoms with E-state index in [1.165, 1.54) is 11.1 Å². The number of nitrogens with zero attached hydrogens (tertiary/aromatic N) is 1. The van der Waals surface area contributed by atoms with Crippen molar-refractivity contribution < 1.29 is 19.2 Å². The van der Waals surface area contributed by atoms with Crippen LogP contribution in [0.25, 0.3) is 0 Å². The van der Waals surface area contributed by atoms with Crippen LogP contribution >= 0.6 is 11.6 Å². The zero-order valence-electron chi connectivity index (χ0n) is 22.7. The Balaban J connectivity index is 1.38. The molecule has 1 fully saturated rings. The lowest BCUT2D eigenvalue weighted by molar-refractivity contribution is 0.00868. The first kappa shape index (κ1) is 27.3. The summed E-state index contributed by atoms with van der Waals surface area (Å²) in [6, 6.07) is 11.8. The molecule has 1 saturated carbocycles. The van der Waals surface area contributed by atoms with Crippen LogP contribution in [0.4, 0.5) is 5.69 Å². The van der Waals surface area contributed by atoms with Crippen molar-refractivity contribution in [3.63, 3.8) is 0 Å². The number of rotatable bonds is 0. The van der Waals surface area contributed by atoms with E-state index < -0.39 is 11.4 Å². The topological polar surface area (TPSA) is 84.9 Å². The van der Waals surface area contributed by atoms with Crippen molar-refractivity contribution in [1.29, 1.82) is 0 Å². The van der Waals surface area contributed by atoms with Gasteiger partial charge in [0.2, 0.25) is 0 Å². The van der Waals surface area contributed by atoms with Gasteiger partial charge in [-0.2, -0.15) is 4.72 Å². The number of hydrogen-bond donors (Lipinski definition) is 2. The summed E-state index contributed by atoms with van der Waals surface area (Å²) >= 11 is 4.93. The van der Waals surface area contributed by atoms with Crippen molar-refractivity contribution in [1.82, 2.24) is 4.72 Å². The number of aliphatic hydroxyl groups is 1. The molecule has 6 nitrogen and oxygen atoms in total. The van der Waals surface area contributed by atoms with Gasteiger partial charge in [-0.15, -0.1) is 0 Å². The van der Waals surface area contributed by atoms with Gasteiger partial charge in [0.15, 0.2) is 0 Å². The van der Waals surface area contributed by atoms with Crippen LogP contribution in [0.5, 0.6) is 5.75 Å². The van der Waals surface area contributed by atoms with Gasteiger partial charge in [-0.25, -0.2) is 0 Å². The van der Waals surface area contributed by atoms with E-state index in [9.17, 15) is 14.5 Å². The molecule has 1 amide bonds. The molecule has 2 aliphatic carbocycles. The highest BCUT2D eigenvalue weighted by molar-refractivity contribution is 7.90. The lowest BCUT2D eigenvalue weighted by atomic mass is 9.68. The number of hydrogen-bond acceptors (Lipinski definition) is 5. The van der Waals surface area contributed by atoms with Crippen molar-refractivity contribution in [2.75, 3.05) is 30.3 Å². The maximum Gasteiger partial charge on any atom is 0.292 e. The molecule has 2 N–H and O–H groups in total. The van der Waals surface area contributed by atoms with E-state index >= 15 is 0 Å². The van der Waals surface area contributed by atoms with E-state index in [1.54, 1.807) is 6.07 Å². The summed E-state index contributed by atoms with van der Waals surface area (Å²) in [6.45, 7) is 4.23. The SMILES string of the molecule is CC1CCCC(O)C2CCC2CN2CC3(CCCc4cc(Cl)ccc43)COc3ccc(cc32)C(=O)N[S+]([O-])C1. The van der Waals surface area contributed by atoms with Crippen LogP contribution in [0.2, 0.25) is 5.02 Å². The molecular weight excluding hydrogens is 532 g/mol. The van der Waals surface area contributed by atoms with Gasteiger partial charge in [0, 0.05) is 35.0 Å². The largest absolute Gasteiger partial charge is 0.593 e. The molecular formula is C31H39ClN2O4S. The number of carbonyl (C=O) groups excluding carboxylic acids is 1. The molecule has 2 aliphatic heterocycles. The number of halogens is 1. The first-order valence-corrected chi connectivity index (χ1v) is 16.2. The first-order chi connectivity index (χ1) is 18.8. The Morgan fingerprint density at radius 3 is 2.85 bits per heavy atom. The van der Waals surface area contributed by atoms with Gasteiger partial charge < -0.3 is 19.3 Å². The van der Waals surface area contributed by atoms with Gasteiger partial charge in [-0.05, 0) is 98.2 Å². The predicted molar refractivity (Wildman–Crippen MR) is 156 cm³/mol. The van der Waals surface area contributed by atoms with E-state index in [0.717, 1.165) is 80.9 Å². The van der Waals surface area contributed by atoms with Crippen LogP contribution in [0.3, 0.4) is 0 Å². The number of aryl methyl sites for hydroxylation is 1. The lowest BCUT2D eigenvalue weighted by Gasteiger charge is -2.45. The van der Waals surface area contributed by atoms with Gasteiger partial charge in [-0.1, -0.05) is 31.0 Å². The molecule has 6 atom stereocenters. The first-order valence-electron chi connectivity index (χ1n) is 14.5. The third-order valence-corrected chi connectivity index (χ3v) is 11.1. The van der Waals surface area contributed by atoms with Gasteiger partial charge in [0.05, 0.1) is 29.8 Å². The van der Waals surface area contributed by atoms with E-state index in [-0.39, 0.29) is 29.3 Å². The predicted octanol–water partition coefficient (Wildman–Crippen LogP) is 5.41. The summed E-state index contributed by atoms with van der Waals surface area (Å²) in [5, 5.41) is 11.9. The molecule has 6 rings (SSSR count). The number of aliphatic hydroxyl groups excluding tert-OH is 1. The molecule has 2 bridgehead atoms. The van der Waals surface area contributed by atoms with Crippen molar-refractivity contribution in [3.05, 3.63) is 58.1 Å². The van der Waals surface area contributed by atoms with Crippen LogP contribution in [0.1, 0.15) is 73.4 Å². The number of benzene rings is 2. The standard InChI is InChI=1S/C31H39ClN2O4S/c1-20-4-2-6-28(35)25-10-7-23(25)16-34-18-31(13-3-5-21-14-24(32)9-11-26(21)31)19-38-29-12-8-22(15-27(29)34)30(36)33-39(37)17-20/h8-9,11-12,14-15,20,23,25,28,35H,2-7,10,13,16-19H2,1H3,(H,33,36). The molecule has 39 heavy (non-hydrogen) atoms. The van der Waals surface area contributed by atoms with Crippen LogP contribution in [-0.2, 0) is 23.2 Å². The third-order valence-electron chi connectivity index (χ3n) is 9.56. The molecule has 2 aromatic carbocycles. The number of nitrogens with one attached hydrogen (secondary N) is 1. The highest BCUT2D eigenvalue weighted by Crippen LogP contribution is 2.47. The fourth-order valence-corrected chi connectivity index (χ4v) is 8.59. The fraction of sp³-hybridized carbons (Fsp3) is 0.581. The second-order valence-corrected chi connectivity index (χ2v) is 14.0. The average Bonchev–Trinajstić information content (AvgIpc) is 3.03. The van der Waals surface area contributed by atoms with Crippen molar-refractivity contribution in [2.24, 2.45) is 17.8 Å². The number of carbonyl (C=O) groups is 1. The Labute approximate surface area is 239 Å². The van der Waals surface area contributed by atoms with E-state index in [1.807, 2.05) is 18.2 Å².